The number of piperidine rings is 1. The highest BCUT2D eigenvalue weighted by Gasteiger charge is 2.17. The molecule has 0 saturated carbocycles. The summed E-state index contributed by atoms with van der Waals surface area (Å²) in [5, 5.41) is 5.50. The van der Waals surface area contributed by atoms with Crippen LogP contribution < -0.4 is 25.0 Å². The Morgan fingerprint density at radius 3 is 2.59 bits per heavy atom. The van der Waals surface area contributed by atoms with Gasteiger partial charge in [-0.15, -0.1) is 0 Å². The molecule has 2 N–H and O–H groups in total. The lowest BCUT2D eigenvalue weighted by Gasteiger charge is -2.26. The van der Waals surface area contributed by atoms with Gasteiger partial charge >= 0.3 is 12.0 Å². The lowest BCUT2D eigenvalue weighted by atomic mass is 10.1. The van der Waals surface area contributed by atoms with Crippen LogP contribution in [-0.2, 0) is 6.54 Å². The summed E-state index contributed by atoms with van der Waals surface area (Å²) < 4.78 is 10.4. The van der Waals surface area contributed by atoms with E-state index in [1.54, 1.807) is 19.2 Å². The maximum atomic E-state index is 12.2. The van der Waals surface area contributed by atoms with Gasteiger partial charge in [-0.05, 0) is 31.4 Å². The molecular weight excluding hydrogens is 348 g/mol. The van der Waals surface area contributed by atoms with Gasteiger partial charge in [0.05, 0.1) is 26.5 Å². The van der Waals surface area contributed by atoms with Crippen LogP contribution in [0.15, 0.2) is 24.3 Å². The van der Waals surface area contributed by atoms with Gasteiger partial charge in [0, 0.05) is 13.1 Å². The summed E-state index contributed by atoms with van der Waals surface area (Å²) in [6.07, 6.45) is 3.45. The van der Waals surface area contributed by atoms with Gasteiger partial charge in [0.1, 0.15) is 5.75 Å². The van der Waals surface area contributed by atoms with Crippen molar-refractivity contribution in [1.29, 1.82) is 0 Å². The van der Waals surface area contributed by atoms with Crippen molar-refractivity contribution in [2.75, 3.05) is 37.5 Å². The minimum absolute atomic E-state index is 0.153. The van der Waals surface area contributed by atoms with E-state index < -0.39 is 0 Å². The van der Waals surface area contributed by atoms with Crippen molar-refractivity contribution in [2.45, 2.75) is 25.8 Å². The monoisotopic (exact) mass is 372 g/mol. The molecule has 0 aliphatic carbocycles. The highest BCUT2D eigenvalue weighted by Crippen LogP contribution is 2.22. The fraction of sp³-hybridized carbons (Fsp3) is 0.444. The number of ether oxygens (including phenoxy) is 2. The van der Waals surface area contributed by atoms with Crippen molar-refractivity contribution in [1.82, 2.24) is 20.3 Å². The number of rotatable bonds is 6. The molecule has 9 nitrogen and oxygen atoms in total. The standard InChI is InChI=1S/C18H24N6O3/c1-26-14-9-5-4-8-13(14)20-17(25)19-12-15-21-16(23-18(22-15)27-2)24-10-6-3-7-11-24/h4-5,8-9H,3,6-7,10-12H2,1-2H3,(H2,19,20,25). The normalized spacial score (nSPS) is 13.8. The number of methoxy groups -OCH3 is 2. The maximum absolute atomic E-state index is 12.2. The fourth-order valence-corrected chi connectivity index (χ4v) is 2.87. The fourth-order valence-electron chi connectivity index (χ4n) is 2.87. The molecule has 1 aliphatic heterocycles. The number of hydrogen-bond acceptors (Lipinski definition) is 7. The first-order valence-electron chi connectivity index (χ1n) is 8.91. The molecule has 27 heavy (non-hydrogen) atoms. The zero-order valence-corrected chi connectivity index (χ0v) is 15.6. The van der Waals surface area contributed by atoms with Gasteiger partial charge in [-0.1, -0.05) is 12.1 Å². The molecule has 2 heterocycles. The molecule has 3 rings (SSSR count). The lowest BCUT2D eigenvalue weighted by Crippen LogP contribution is -2.32. The minimum Gasteiger partial charge on any atom is -0.495 e. The third kappa shape index (κ3) is 4.96. The third-order valence-corrected chi connectivity index (χ3v) is 4.23. The number of nitrogens with one attached hydrogen (secondary N) is 2. The SMILES string of the molecule is COc1nc(CNC(=O)Nc2ccccc2OC)nc(N2CCCCC2)n1. The number of benzene rings is 1. The van der Waals surface area contributed by atoms with Crippen LogP contribution >= 0.6 is 0 Å². The number of para-hydroxylation sites is 2. The van der Waals surface area contributed by atoms with Crippen molar-refractivity contribution in [3.8, 4) is 11.8 Å². The van der Waals surface area contributed by atoms with E-state index in [1.807, 2.05) is 12.1 Å². The quantitative estimate of drug-likeness (QED) is 0.801. The number of anilines is 2. The third-order valence-electron chi connectivity index (χ3n) is 4.23. The molecule has 0 atom stereocenters. The molecule has 0 unspecified atom stereocenters. The van der Waals surface area contributed by atoms with Gasteiger partial charge in [-0.3, -0.25) is 0 Å². The van der Waals surface area contributed by atoms with Crippen molar-refractivity contribution < 1.29 is 14.3 Å². The van der Waals surface area contributed by atoms with Gasteiger partial charge in [0.2, 0.25) is 5.95 Å². The molecule has 1 aliphatic rings. The Bertz CT molecular complexity index is 779. The van der Waals surface area contributed by atoms with Crippen LogP contribution in [0.5, 0.6) is 11.8 Å². The second-order valence-electron chi connectivity index (χ2n) is 6.09. The van der Waals surface area contributed by atoms with Crippen LogP contribution in [0.25, 0.3) is 0 Å². The highest BCUT2D eigenvalue weighted by molar-refractivity contribution is 5.90. The second-order valence-corrected chi connectivity index (χ2v) is 6.09. The molecule has 0 spiro atoms. The summed E-state index contributed by atoms with van der Waals surface area (Å²) in [4.78, 5) is 27.3. The Hall–Kier alpha value is -3.10. The highest BCUT2D eigenvalue weighted by atomic mass is 16.5. The second kappa shape index (κ2) is 9.02. The number of amides is 2. The number of urea groups is 1. The van der Waals surface area contributed by atoms with Gasteiger partial charge in [0.15, 0.2) is 5.82 Å². The van der Waals surface area contributed by atoms with Crippen molar-refractivity contribution in [3.63, 3.8) is 0 Å². The number of aromatic nitrogens is 3. The Labute approximate surface area is 158 Å². The van der Waals surface area contributed by atoms with Crippen LogP contribution in [0.4, 0.5) is 16.4 Å². The van der Waals surface area contributed by atoms with E-state index in [4.69, 9.17) is 9.47 Å². The lowest BCUT2D eigenvalue weighted by molar-refractivity contribution is 0.251. The first-order chi connectivity index (χ1) is 13.2. The summed E-state index contributed by atoms with van der Waals surface area (Å²) in [5.41, 5.74) is 0.583. The average molecular weight is 372 g/mol. The molecule has 1 aromatic heterocycles. The van der Waals surface area contributed by atoms with Crippen LogP contribution in [0.3, 0.4) is 0 Å². The van der Waals surface area contributed by atoms with E-state index in [-0.39, 0.29) is 18.6 Å². The van der Waals surface area contributed by atoms with Gasteiger partial charge in [-0.25, -0.2) is 4.79 Å². The van der Waals surface area contributed by atoms with E-state index in [0.29, 0.717) is 23.2 Å². The van der Waals surface area contributed by atoms with E-state index in [2.05, 4.69) is 30.5 Å². The summed E-state index contributed by atoms with van der Waals surface area (Å²) >= 11 is 0. The predicted molar refractivity (Wildman–Crippen MR) is 101 cm³/mol. The van der Waals surface area contributed by atoms with E-state index in [1.165, 1.54) is 13.5 Å². The van der Waals surface area contributed by atoms with Gasteiger partial charge in [0.25, 0.3) is 0 Å². The van der Waals surface area contributed by atoms with Crippen molar-refractivity contribution in [2.24, 2.45) is 0 Å². The molecule has 0 radical (unpaired) electrons. The summed E-state index contributed by atoms with van der Waals surface area (Å²) in [7, 11) is 3.07. The van der Waals surface area contributed by atoms with Crippen molar-refractivity contribution in [3.05, 3.63) is 30.1 Å². The predicted octanol–water partition coefficient (Wildman–Crippen LogP) is 2.20. The zero-order valence-electron chi connectivity index (χ0n) is 15.6. The molecule has 2 aromatic rings. The van der Waals surface area contributed by atoms with Gasteiger partial charge < -0.3 is 25.0 Å². The Kier molecular flexibility index (Phi) is 6.24. The van der Waals surface area contributed by atoms with Crippen LogP contribution in [0, 0.1) is 0 Å². The van der Waals surface area contributed by atoms with E-state index in [9.17, 15) is 4.79 Å². The molecular formula is C18H24N6O3. The average Bonchev–Trinajstić information content (AvgIpc) is 2.73. The van der Waals surface area contributed by atoms with Crippen LogP contribution in [0.1, 0.15) is 25.1 Å². The zero-order chi connectivity index (χ0) is 19.1. The first kappa shape index (κ1) is 18.7. The van der Waals surface area contributed by atoms with Gasteiger partial charge in [-0.2, -0.15) is 15.0 Å². The Balaban J connectivity index is 1.65. The molecule has 1 saturated heterocycles. The number of carbonyl (C=O) groups excluding carboxylic acids is 1. The maximum Gasteiger partial charge on any atom is 0.321 e. The first-order valence-corrected chi connectivity index (χ1v) is 8.91. The molecule has 0 bridgehead atoms. The number of nitrogens with zero attached hydrogens (tertiary/aromatic N) is 4. The molecule has 2 amide bonds. The Morgan fingerprint density at radius 2 is 1.85 bits per heavy atom. The van der Waals surface area contributed by atoms with E-state index >= 15 is 0 Å². The molecule has 144 valence electrons. The Morgan fingerprint density at radius 1 is 1.07 bits per heavy atom. The largest absolute Gasteiger partial charge is 0.495 e. The molecule has 1 fully saturated rings. The molecule has 1 aromatic carbocycles. The minimum atomic E-state index is -0.376. The summed E-state index contributed by atoms with van der Waals surface area (Å²) in [6.45, 7) is 1.98. The van der Waals surface area contributed by atoms with Crippen LogP contribution in [-0.4, -0.2) is 48.3 Å². The van der Waals surface area contributed by atoms with Crippen LogP contribution in [0.2, 0.25) is 0 Å². The topological polar surface area (TPSA) is 102 Å². The summed E-state index contributed by atoms with van der Waals surface area (Å²) in [6, 6.07) is 7.06. The smallest absolute Gasteiger partial charge is 0.321 e. The van der Waals surface area contributed by atoms with Crippen molar-refractivity contribution >= 4 is 17.7 Å². The van der Waals surface area contributed by atoms with E-state index in [0.717, 1.165) is 25.9 Å². The molecule has 9 heteroatoms. The number of carbonyl (C=O) groups is 1. The number of hydrogen-bond donors (Lipinski definition) is 2. The summed E-state index contributed by atoms with van der Waals surface area (Å²) in [5.74, 6) is 1.61.